The van der Waals surface area contributed by atoms with Crippen molar-refractivity contribution in [1.82, 2.24) is 4.98 Å². The smallest absolute Gasteiger partial charge is 0.279 e. The third kappa shape index (κ3) is 1.84. The maximum Gasteiger partial charge on any atom is 0.279 e. The van der Waals surface area contributed by atoms with Crippen LogP contribution in [0.25, 0.3) is 10.9 Å². The van der Waals surface area contributed by atoms with Gasteiger partial charge in [-0.05, 0) is 6.07 Å². The Morgan fingerprint density at radius 3 is 2.71 bits per heavy atom. The minimum absolute atomic E-state index is 0.0188. The number of hydrogen-bond donors (Lipinski definition) is 2. The Labute approximate surface area is 93.8 Å². The fourth-order valence-corrected chi connectivity index (χ4v) is 1.71. The topological polar surface area (TPSA) is 79.2 Å². The number of aliphatic hydroxyl groups is 1. The average Bonchev–Trinajstić information content (AvgIpc) is 2.70. The van der Waals surface area contributed by atoms with Crippen LogP contribution in [0, 0.1) is 10.1 Å². The van der Waals surface area contributed by atoms with Gasteiger partial charge in [0.2, 0.25) is 0 Å². The van der Waals surface area contributed by atoms with E-state index in [0.29, 0.717) is 5.52 Å². The van der Waals surface area contributed by atoms with E-state index >= 15 is 0 Å². The molecule has 5 nitrogen and oxygen atoms in total. The number of benzene rings is 1. The largest absolute Gasteiger partial charge is 0.382 e. The highest BCUT2D eigenvalue weighted by molar-refractivity contribution is 5.92. The van der Waals surface area contributed by atoms with Crippen LogP contribution >= 0.6 is 0 Å². The molecule has 0 aliphatic carbocycles. The van der Waals surface area contributed by atoms with Crippen molar-refractivity contribution < 1.29 is 18.8 Å². The van der Waals surface area contributed by atoms with Crippen LogP contribution in [0.1, 0.15) is 11.7 Å². The van der Waals surface area contributed by atoms with Crippen molar-refractivity contribution in [3.63, 3.8) is 0 Å². The Morgan fingerprint density at radius 2 is 2.12 bits per heavy atom. The number of non-ortho nitro benzene ring substituents is 1. The second-order valence-electron chi connectivity index (χ2n) is 3.48. The van der Waals surface area contributed by atoms with Gasteiger partial charge >= 0.3 is 0 Å². The Hall–Kier alpha value is -2.02. The maximum absolute atomic E-state index is 12.4. The van der Waals surface area contributed by atoms with E-state index in [-0.39, 0.29) is 16.6 Å². The summed E-state index contributed by atoms with van der Waals surface area (Å²) in [4.78, 5) is 12.7. The number of rotatable bonds is 3. The summed E-state index contributed by atoms with van der Waals surface area (Å²) >= 11 is 0. The number of hydrogen-bond acceptors (Lipinski definition) is 3. The Kier molecular flexibility index (Phi) is 2.76. The number of aromatic nitrogens is 1. The molecule has 0 radical (unpaired) electrons. The van der Waals surface area contributed by atoms with Crippen LogP contribution in [0.4, 0.5) is 14.5 Å². The summed E-state index contributed by atoms with van der Waals surface area (Å²) in [6.45, 7) is 0. The zero-order chi connectivity index (χ0) is 12.6. The predicted octanol–water partition coefficient (Wildman–Crippen LogP) is 2.37. The first-order valence-electron chi connectivity index (χ1n) is 4.73. The van der Waals surface area contributed by atoms with Gasteiger partial charge in [-0.2, -0.15) is 0 Å². The van der Waals surface area contributed by atoms with Crippen molar-refractivity contribution in [2.45, 2.75) is 12.5 Å². The molecule has 2 aromatic rings. The summed E-state index contributed by atoms with van der Waals surface area (Å²) in [6, 6.07) is 4.16. The fourth-order valence-electron chi connectivity index (χ4n) is 1.71. The van der Waals surface area contributed by atoms with E-state index in [1.165, 1.54) is 18.2 Å². The molecule has 0 aliphatic rings. The molecule has 1 atom stereocenters. The molecular weight excluding hydrogens is 234 g/mol. The number of halogens is 2. The Balaban J connectivity index is 2.69. The van der Waals surface area contributed by atoms with Crippen molar-refractivity contribution in [2.75, 3.05) is 0 Å². The number of aromatic amines is 1. The van der Waals surface area contributed by atoms with E-state index in [4.69, 9.17) is 0 Å². The molecule has 90 valence electrons. The van der Waals surface area contributed by atoms with Crippen molar-refractivity contribution in [3.05, 3.63) is 40.1 Å². The molecule has 17 heavy (non-hydrogen) atoms. The van der Waals surface area contributed by atoms with Crippen LogP contribution in [0.3, 0.4) is 0 Å². The van der Waals surface area contributed by atoms with Crippen LogP contribution in [0.15, 0.2) is 24.4 Å². The summed E-state index contributed by atoms with van der Waals surface area (Å²) in [5.41, 5.74) is -0.130. The first-order valence-corrected chi connectivity index (χ1v) is 4.73. The second-order valence-corrected chi connectivity index (χ2v) is 3.48. The summed E-state index contributed by atoms with van der Waals surface area (Å²) in [6.07, 6.45) is -3.87. The monoisotopic (exact) mass is 242 g/mol. The molecule has 2 N–H and O–H groups in total. The molecule has 0 bridgehead atoms. The molecule has 0 spiro atoms. The van der Waals surface area contributed by atoms with Gasteiger partial charge in [0.1, 0.15) is 6.10 Å². The van der Waals surface area contributed by atoms with Crippen LogP contribution < -0.4 is 0 Å². The van der Waals surface area contributed by atoms with Crippen LogP contribution in [-0.4, -0.2) is 21.4 Å². The highest BCUT2D eigenvalue weighted by Gasteiger charge is 2.26. The van der Waals surface area contributed by atoms with Crippen LogP contribution in [-0.2, 0) is 0 Å². The predicted molar refractivity (Wildman–Crippen MR) is 55.9 cm³/mol. The number of H-pyrrole nitrogens is 1. The van der Waals surface area contributed by atoms with E-state index in [1.807, 2.05) is 0 Å². The first-order chi connectivity index (χ1) is 8.02. The third-order valence-corrected chi connectivity index (χ3v) is 2.47. The van der Waals surface area contributed by atoms with E-state index in [2.05, 4.69) is 4.98 Å². The highest BCUT2D eigenvalue weighted by Crippen LogP contribution is 2.33. The van der Waals surface area contributed by atoms with Crippen molar-refractivity contribution in [1.29, 1.82) is 0 Å². The minimum atomic E-state index is -2.99. The van der Waals surface area contributed by atoms with Crippen molar-refractivity contribution in [2.24, 2.45) is 0 Å². The SMILES string of the molecule is O=[N+]([O-])c1cccc2[nH]cc(C(O)C(F)F)c12. The Bertz CT molecular complexity index is 568. The second kappa shape index (κ2) is 4.10. The van der Waals surface area contributed by atoms with Crippen LogP contribution in [0.2, 0.25) is 0 Å². The number of nitrogens with one attached hydrogen (secondary N) is 1. The molecule has 1 aromatic carbocycles. The highest BCUT2D eigenvalue weighted by atomic mass is 19.3. The lowest BCUT2D eigenvalue weighted by Gasteiger charge is -2.07. The summed E-state index contributed by atoms with van der Waals surface area (Å²) < 4.78 is 24.8. The van der Waals surface area contributed by atoms with Gasteiger partial charge in [0.15, 0.2) is 0 Å². The number of aliphatic hydroxyl groups excluding tert-OH is 1. The summed E-state index contributed by atoms with van der Waals surface area (Å²) in [7, 11) is 0. The third-order valence-electron chi connectivity index (χ3n) is 2.47. The molecule has 2 rings (SSSR count). The van der Waals surface area contributed by atoms with E-state index in [9.17, 15) is 24.0 Å². The lowest BCUT2D eigenvalue weighted by molar-refractivity contribution is -0.383. The van der Waals surface area contributed by atoms with E-state index in [1.54, 1.807) is 0 Å². The molecule has 1 heterocycles. The zero-order valence-electron chi connectivity index (χ0n) is 8.43. The molecule has 0 aliphatic heterocycles. The number of nitro benzene ring substituents is 1. The fraction of sp³-hybridized carbons (Fsp3) is 0.200. The quantitative estimate of drug-likeness (QED) is 0.640. The number of nitrogens with zero attached hydrogens (tertiary/aromatic N) is 1. The number of nitro groups is 1. The molecule has 1 aromatic heterocycles. The molecule has 0 amide bonds. The minimum Gasteiger partial charge on any atom is -0.382 e. The van der Waals surface area contributed by atoms with Gasteiger partial charge < -0.3 is 10.1 Å². The van der Waals surface area contributed by atoms with Crippen molar-refractivity contribution in [3.8, 4) is 0 Å². The summed E-state index contributed by atoms with van der Waals surface area (Å²) in [5.74, 6) is 0. The zero-order valence-corrected chi connectivity index (χ0v) is 8.43. The first kappa shape index (κ1) is 11.5. The molecule has 7 heteroatoms. The molecule has 1 unspecified atom stereocenters. The average molecular weight is 242 g/mol. The van der Waals surface area contributed by atoms with Gasteiger partial charge in [0, 0.05) is 17.8 Å². The molecule has 0 fully saturated rings. The van der Waals surface area contributed by atoms with Gasteiger partial charge in [-0.3, -0.25) is 10.1 Å². The van der Waals surface area contributed by atoms with Gasteiger partial charge in [-0.15, -0.1) is 0 Å². The standard InChI is InChI=1S/C10H8F2N2O3/c11-10(12)9(15)5-4-13-6-2-1-3-7(8(5)6)14(16)17/h1-4,9-10,13,15H. The lowest BCUT2D eigenvalue weighted by Crippen LogP contribution is -2.07. The molecular formula is C10H8F2N2O3. The normalized spacial score (nSPS) is 13.2. The molecule has 0 saturated heterocycles. The van der Waals surface area contributed by atoms with E-state index < -0.39 is 17.5 Å². The molecule has 0 saturated carbocycles. The maximum atomic E-state index is 12.4. The number of fused-ring (bicyclic) bond motifs is 1. The van der Waals surface area contributed by atoms with Gasteiger partial charge in [-0.1, -0.05) is 6.07 Å². The Morgan fingerprint density at radius 1 is 1.41 bits per heavy atom. The van der Waals surface area contributed by atoms with Gasteiger partial charge in [0.25, 0.3) is 12.1 Å². The summed E-state index contributed by atoms with van der Waals surface area (Å²) in [5, 5.41) is 20.1. The van der Waals surface area contributed by atoms with Crippen molar-refractivity contribution >= 4 is 16.6 Å². The lowest BCUT2D eigenvalue weighted by atomic mass is 10.1. The van der Waals surface area contributed by atoms with Gasteiger partial charge in [-0.25, -0.2) is 8.78 Å². The number of alkyl halides is 2. The van der Waals surface area contributed by atoms with Gasteiger partial charge in [0.05, 0.1) is 15.8 Å². The van der Waals surface area contributed by atoms with Crippen LogP contribution in [0.5, 0.6) is 0 Å². The van der Waals surface area contributed by atoms with E-state index in [0.717, 1.165) is 6.20 Å².